The van der Waals surface area contributed by atoms with Gasteiger partial charge in [0.15, 0.2) is 23.0 Å². The summed E-state index contributed by atoms with van der Waals surface area (Å²) in [4.78, 5) is 22.2. The molecule has 2 aromatic carbocycles. The van der Waals surface area contributed by atoms with Crippen LogP contribution in [-0.4, -0.2) is 92.9 Å². The molecule has 2 aromatic heterocycles. The Hall–Kier alpha value is -4.05. The maximum atomic E-state index is 11.9. The summed E-state index contributed by atoms with van der Waals surface area (Å²) in [5, 5.41) is 61.1. The molecule has 0 aliphatic carbocycles. The van der Waals surface area contributed by atoms with E-state index in [-0.39, 0.29) is 74.1 Å². The number of rotatable bonds is 7. The third-order valence-electron chi connectivity index (χ3n) is 6.51. The number of aliphatic hydroxyl groups is 4. The van der Waals surface area contributed by atoms with Gasteiger partial charge in [0.05, 0.1) is 38.3 Å². The van der Waals surface area contributed by atoms with Gasteiger partial charge >= 0.3 is 11.4 Å². The lowest BCUT2D eigenvalue weighted by molar-refractivity contribution is -0.277. The molecule has 1 aliphatic rings. The van der Waals surface area contributed by atoms with E-state index < -0.39 is 49.0 Å². The highest BCUT2D eigenvalue weighted by molar-refractivity contribution is 6.11. The number of phenols is 1. The normalized spacial score (nSPS) is 22.3. The van der Waals surface area contributed by atoms with Crippen molar-refractivity contribution < 1.29 is 80.4 Å². The molecule has 0 saturated carbocycles. The first kappa shape index (κ1) is 29.9. The van der Waals surface area contributed by atoms with Gasteiger partial charge in [-0.05, 0) is 12.1 Å². The molecule has 4 aromatic rings. The molecule has 1 fully saturated rings. The fourth-order valence-electron chi connectivity index (χ4n) is 4.53. The van der Waals surface area contributed by atoms with Crippen molar-refractivity contribution >= 4 is 27.9 Å². The smallest absolute Gasteiger partial charge is 0.371 e. The molecule has 5 atom stereocenters. The van der Waals surface area contributed by atoms with E-state index in [9.17, 15) is 40.2 Å². The molecule has 0 amide bonds. The molecule has 14 nitrogen and oxygen atoms in total. The third-order valence-corrected chi connectivity index (χ3v) is 6.51. The zero-order valence-corrected chi connectivity index (χ0v) is 22.1. The van der Waals surface area contributed by atoms with Crippen LogP contribution in [0.3, 0.4) is 0 Å². The molecule has 0 unspecified atom stereocenters. The number of halogens is 1. The van der Waals surface area contributed by atoms with Crippen LogP contribution in [0.4, 0.5) is 0 Å². The lowest BCUT2D eigenvalue weighted by atomic mass is 9.99. The van der Waals surface area contributed by atoms with Gasteiger partial charge in [0.2, 0.25) is 17.8 Å². The number of carbonyl (C=O) groups is 1. The van der Waals surface area contributed by atoms with E-state index in [1.165, 1.54) is 38.5 Å². The van der Waals surface area contributed by atoms with Crippen molar-refractivity contribution in [3.63, 3.8) is 0 Å². The first-order valence-corrected chi connectivity index (χ1v) is 11.8. The summed E-state index contributed by atoms with van der Waals surface area (Å²) in [5.41, 5.74) is -0.184. The Bertz CT molecular complexity index is 1630. The number of aromatic carboxylic acids is 1. The maximum Gasteiger partial charge on any atom is 0.371 e. The summed E-state index contributed by atoms with van der Waals surface area (Å²) in [6.45, 7) is -0.723. The van der Waals surface area contributed by atoms with Crippen LogP contribution in [-0.2, 0) is 4.74 Å². The molecule has 0 bridgehead atoms. The molecule has 41 heavy (non-hydrogen) atoms. The highest BCUT2D eigenvalue weighted by Gasteiger charge is 2.45. The number of aromatic hydroxyl groups is 1. The molecule has 3 heterocycles. The Balaban J connectivity index is 0.00000387. The number of hydrogen-bond acceptors (Lipinski definition) is 12. The Morgan fingerprint density at radius 2 is 1.56 bits per heavy atom. The number of aliphatic hydroxyl groups excluding tert-OH is 4. The predicted octanol–water partition coefficient (Wildman–Crippen LogP) is -2.55. The Morgan fingerprint density at radius 1 is 0.951 bits per heavy atom. The third kappa shape index (κ3) is 5.12. The van der Waals surface area contributed by atoms with Gasteiger partial charge in [0.1, 0.15) is 35.6 Å². The monoisotopic (exact) mass is 596 g/mol. The standard InChI is InChI=1S/C26H24O14.ClH/c1-35-14-3-9(4-15(36-2)19(14)29)23-24(40-26-22(32)21(31)20(30)17(8-27)39-26)11-7-16(25(33)34)37-12-5-10(28)6-13(38-23)18(11)12;/h3-7,17,20-22,26-27,29-32H,8H2,1-2H3,(H,33,34);1H/t17-,20-,21+,22-,26+;/m1./s1. The fraction of sp³-hybridized carbons (Fsp3) is 0.308. The van der Waals surface area contributed by atoms with Crippen LogP contribution in [0.5, 0.6) is 23.0 Å². The highest BCUT2D eigenvalue weighted by Crippen LogP contribution is 2.47. The van der Waals surface area contributed by atoms with Gasteiger partial charge in [-0.1, -0.05) is 0 Å². The van der Waals surface area contributed by atoms with Crippen molar-refractivity contribution in [1.82, 2.24) is 0 Å². The van der Waals surface area contributed by atoms with Crippen molar-refractivity contribution in [1.29, 1.82) is 0 Å². The van der Waals surface area contributed by atoms with Crippen molar-refractivity contribution in [2.24, 2.45) is 0 Å². The van der Waals surface area contributed by atoms with Crippen LogP contribution >= 0.6 is 0 Å². The summed E-state index contributed by atoms with van der Waals surface area (Å²) in [5.74, 6) is -2.73. The second-order valence-corrected chi connectivity index (χ2v) is 8.95. The van der Waals surface area contributed by atoms with Crippen LogP contribution in [0.1, 0.15) is 10.6 Å². The van der Waals surface area contributed by atoms with E-state index in [0.717, 1.165) is 6.07 Å². The first-order valence-electron chi connectivity index (χ1n) is 11.8. The number of phenolic OH excluding ortho intramolecular Hbond substituents is 1. The second-order valence-electron chi connectivity index (χ2n) is 8.95. The number of carboxylic acids is 1. The van der Waals surface area contributed by atoms with Crippen LogP contribution in [0.2, 0.25) is 0 Å². The average Bonchev–Trinajstić information content (AvgIpc) is 2.93. The number of ether oxygens (including phenoxy) is 4. The number of methoxy groups -OCH3 is 2. The molecular formula is C26H25ClO14. The quantitative estimate of drug-likeness (QED) is 0.121. The van der Waals surface area contributed by atoms with Gasteiger partial charge in [-0.25, -0.2) is 4.79 Å². The minimum atomic E-state index is -1.82. The Labute approximate surface area is 235 Å². The van der Waals surface area contributed by atoms with Gasteiger partial charge < -0.3 is 70.8 Å². The molecule has 220 valence electrons. The van der Waals surface area contributed by atoms with Gasteiger partial charge in [-0.2, -0.15) is 0 Å². The first-order chi connectivity index (χ1) is 19.1. The lowest BCUT2D eigenvalue weighted by Crippen LogP contribution is -3.00. The lowest BCUT2D eigenvalue weighted by Gasteiger charge is -2.39. The van der Waals surface area contributed by atoms with E-state index in [1.54, 1.807) is 0 Å². The van der Waals surface area contributed by atoms with Crippen molar-refractivity contribution in [3.8, 4) is 34.3 Å². The molecule has 5 rings (SSSR count). The molecule has 15 heteroatoms. The van der Waals surface area contributed by atoms with Crippen LogP contribution in [0, 0.1) is 0 Å². The number of carboxylic acid groups (broad SMARTS) is 1. The largest absolute Gasteiger partial charge is 1.00 e. The Kier molecular flexibility index (Phi) is 8.35. The summed E-state index contributed by atoms with van der Waals surface area (Å²) in [7, 11) is 2.60. The highest BCUT2D eigenvalue weighted by atomic mass is 35.5. The SMILES string of the molecule is COc1cc(-c2oc3cc(=[OH+])cc4oc(C(=O)O)cc(c2O[C@@H]2O[C@H](CO)[C@@H](O)[C@H](O)[C@H]2O)c43)cc(OC)c1O.[Cl-]. The minimum Gasteiger partial charge on any atom is -1.00 e. The van der Waals surface area contributed by atoms with Gasteiger partial charge in [0, 0.05) is 17.0 Å². The summed E-state index contributed by atoms with van der Waals surface area (Å²) in [6, 6.07) is 6.27. The summed E-state index contributed by atoms with van der Waals surface area (Å²) >= 11 is 0. The fourth-order valence-corrected chi connectivity index (χ4v) is 4.53. The zero-order valence-electron chi connectivity index (χ0n) is 21.3. The topological polar surface area (TPSA) is 223 Å². The van der Waals surface area contributed by atoms with E-state index in [2.05, 4.69) is 0 Å². The predicted molar refractivity (Wildman–Crippen MR) is 133 cm³/mol. The number of hydrogen-bond donors (Lipinski definition) is 6. The summed E-state index contributed by atoms with van der Waals surface area (Å²) in [6.07, 6.45) is -8.26. The van der Waals surface area contributed by atoms with Gasteiger partial charge in [-0.3, -0.25) is 4.79 Å². The van der Waals surface area contributed by atoms with Crippen molar-refractivity contribution in [2.45, 2.75) is 30.7 Å². The minimum absolute atomic E-state index is 0. The summed E-state index contributed by atoms with van der Waals surface area (Å²) < 4.78 is 33.5. The van der Waals surface area contributed by atoms with Crippen LogP contribution < -0.4 is 32.0 Å². The maximum absolute atomic E-state index is 11.9. The average molecular weight is 597 g/mol. The zero-order chi connectivity index (χ0) is 28.9. The molecule has 0 radical (unpaired) electrons. The molecule has 7 N–H and O–H groups in total. The second kappa shape index (κ2) is 11.4. The molecule has 1 saturated heterocycles. The Morgan fingerprint density at radius 3 is 2.12 bits per heavy atom. The molecule has 0 spiro atoms. The van der Waals surface area contributed by atoms with E-state index in [0.29, 0.717) is 0 Å². The van der Waals surface area contributed by atoms with E-state index in [1.807, 2.05) is 0 Å². The molecule has 1 aliphatic heterocycles. The van der Waals surface area contributed by atoms with Crippen LogP contribution in [0.15, 0.2) is 39.2 Å². The van der Waals surface area contributed by atoms with E-state index >= 15 is 0 Å². The number of benzene rings is 2. The van der Waals surface area contributed by atoms with Crippen molar-refractivity contribution in [2.75, 3.05) is 20.8 Å². The van der Waals surface area contributed by atoms with Crippen molar-refractivity contribution in [3.05, 3.63) is 41.5 Å². The van der Waals surface area contributed by atoms with Gasteiger partial charge in [0.25, 0.3) is 0 Å². The van der Waals surface area contributed by atoms with Gasteiger partial charge in [-0.15, -0.1) is 0 Å². The van der Waals surface area contributed by atoms with E-state index in [4.69, 9.17) is 27.8 Å². The molecular weight excluding hydrogens is 572 g/mol. The van der Waals surface area contributed by atoms with Crippen LogP contribution in [0.25, 0.3) is 33.3 Å².